The number of benzene rings is 3. The first kappa shape index (κ1) is 35.5. The Morgan fingerprint density at radius 2 is 1.23 bits per heavy atom. The van der Waals surface area contributed by atoms with E-state index in [0.29, 0.717) is 30.5 Å². The minimum atomic E-state index is -1.21. The summed E-state index contributed by atoms with van der Waals surface area (Å²) in [6.07, 6.45) is 3.11. The van der Waals surface area contributed by atoms with Crippen LogP contribution in [-0.2, 0) is 38.4 Å². The number of unbranched alkanes of at least 4 members (excludes halogenated alkanes) is 1. The number of hydrogen-bond acceptors (Lipinski definition) is 8. The van der Waals surface area contributed by atoms with E-state index < -0.39 is 47.9 Å². The third-order valence-electron chi connectivity index (χ3n) is 8.03. The number of carboxylic acids is 1. The normalized spacial score (nSPS) is 13.6. The van der Waals surface area contributed by atoms with Crippen molar-refractivity contribution in [3.63, 3.8) is 0 Å². The van der Waals surface area contributed by atoms with Gasteiger partial charge in [0.2, 0.25) is 17.7 Å². The third-order valence-corrected chi connectivity index (χ3v) is 8.03. The van der Waals surface area contributed by atoms with Crippen LogP contribution < -0.4 is 27.4 Å². The maximum absolute atomic E-state index is 13.9. The van der Waals surface area contributed by atoms with Gasteiger partial charge in [-0.15, -0.1) is 0 Å². The lowest BCUT2D eigenvalue weighted by Crippen LogP contribution is -2.58. The average molecular weight is 659 g/mol. The number of H-pyrrole nitrogens is 1. The van der Waals surface area contributed by atoms with Crippen LogP contribution in [-0.4, -0.2) is 74.7 Å². The molecule has 0 spiro atoms. The van der Waals surface area contributed by atoms with Crippen LogP contribution in [0.15, 0.2) is 79.0 Å². The summed E-state index contributed by atoms with van der Waals surface area (Å²) in [4.78, 5) is 56.1. The molecule has 0 bridgehead atoms. The van der Waals surface area contributed by atoms with Crippen molar-refractivity contribution < 1.29 is 34.5 Å². The maximum atomic E-state index is 13.9. The monoisotopic (exact) mass is 658 g/mol. The minimum Gasteiger partial charge on any atom is -0.508 e. The van der Waals surface area contributed by atoms with E-state index in [9.17, 15) is 34.5 Å². The number of carboxylic acid groups (broad SMARTS) is 1. The number of aromatic nitrogens is 1. The lowest BCUT2D eigenvalue weighted by Gasteiger charge is -2.25. The van der Waals surface area contributed by atoms with Crippen LogP contribution in [0.5, 0.6) is 11.5 Å². The fraction of sp³-hybridized carbons (Fsp3) is 0.314. The molecule has 0 saturated heterocycles. The summed E-state index contributed by atoms with van der Waals surface area (Å²) in [6.45, 7) is 0.381. The first-order chi connectivity index (χ1) is 23.0. The van der Waals surface area contributed by atoms with Crippen molar-refractivity contribution in [2.24, 2.45) is 11.5 Å². The zero-order chi connectivity index (χ0) is 34.6. The zero-order valence-corrected chi connectivity index (χ0v) is 26.4. The van der Waals surface area contributed by atoms with E-state index >= 15 is 0 Å². The number of nitrogens with two attached hydrogens (primary N) is 2. The number of phenolic OH excluding ortho intramolecular Hbond substituents is 2. The molecule has 4 aromatic rings. The van der Waals surface area contributed by atoms with E-state index in [-0.39, 0.29) is 37.2 Å². The highest BCUT2D eigenvalue weighted by atomic mass is 16.4. The largest absolute Gasteiger partial charge is 0.508 e. The summed E-state index contributed by atoms with van der Waals surface area (Å²) < 4.78 is 0. The predicted molar refractivity (Wildman–Crippen MR) is 180 cm³/mol. The highest BCUT2D eigenvalue weighted by Crippen LogP contribution is 2.20. The molecule has 13 heteroatoms. The van der Waals surface area contributed by atoms with Gasteiger partial charge in [0.15, 0.2) is 0 Å². The summed E-state index contributed by atoms with van der Waals surface area (Å²) in [5.41, 5.74) is 14.6. The molecule has 0 aliphatic carbocycles. The number of aromatic amines is 1. The Balaban J connectivity index is 1.58. The summed E-state index contributed by atoms with van der Waals surface area (Å²) >= 11 is 0. The van der Waals surface area contributed by atoms with Crippen LogP contribution in [0, 0.1) is 0 Å². The fourth-order valence-corrected chi connectivity index (χ4v) is 5.36. The Hall–Kier alpha value is -5.40. The molecule has 1 heterocycles. The molecule has 4 atom stereocenters. The second kappa shape index (κ2) is 17.0. The molecule has 0 aliphatic rings. The number of fused-ring (bicyclic) bond motifs is 1. The van der Waals surface area contributed by atoms with Crippen LogP contribution >= 0.6 is 0 Å². The molecule has 11 N–H and O–H groups in total. The Morgan fingerprint density at radius 1 is 0.688 bits per heavy atom. The van der Waals surface area contributed by atoms with Crippen molar-refractivity contribution in [2.75, 3.05) is 6.54 Å². The Labute approximate surface area is 277 Å². The standard InChI is InChI=1S/C35H42N6O7/c36-16-4-3-7-29(35(47)48)39-34(46)31(19-23-20-38-28-6-2-1-5-26(23)28)41-33(45)30(18-22-10-14-25(43)15-11-22)40-32(44)27(37)17-21-8-12-24(42)13-9-21/h1-2,5-6,8-15,20,27,29-31,38,42-43H,3-4,7,16-19,36-37H2,(H,39,46)(H,40,44)(H,41,45)(H,47,48). The zero-order valence-electron chi connectivity index (χ0n) is 26.4. The van der Waals surface area contributed by atoms with Gasteiger partial charge in [0.1, 0.15) is 29.6 Å². The molecule has 0 saturated carbocycles. The summed E-state index contributed by atoms with van der Waals surface area (Å²) in [5.74, 6) is -3.13. The maximum Gasteiger partial charge on any atom is 0.326 e. The molecule has 4 unspecified atom stereocenters. The fourth-order valence-electron chi connectivity index (χ4n) is 5.36. The number of para-hydroxylation sites is 1. The molecule has 4 rings (SSSR count). The van der Waals surface area contributed by atoms with Crippen LogP contribution in [0.1, 0.15) is 36.0 Å². The van der Waals surface area contributed by atoms with Gasteiger partial charge in [-0.3, -0.25) is 14.4 Å². The van der Waals surface area contributed by atoms with Gasteiger partial charge in [-0.25, -0.2) is 4.79 Å². The molecular formula is C35H42N6O7. The van der Waals surface area contributed by atoms with E-state index in [1.54, 1.807) is 30.5 Å². The number of carbonyl (C=O) groups is 4. The molecule has 48 heavy (non-hydrogen) atoms. The van der Waals surface area contributed by atoms with Crippen molar-refractivity contribution in [1.29, 1.82) is 0 Å². The number of carbonyl (C=O) groups excluding carboxylic acids is 3. The number of aliphatic carboxylic acids is 1. The topological polar surface area (TPSA) is 233 Å². The third kappa shape index (κ3) is 10.0. The van der Waals surface area contributed by atoms with Crippen LogP contribution in [0.4, 0.5) is 0 Å². The minimum absolute atomic E-state index is 0.00203. The molecule has 1 aromatic heterocycles. The molecule has 254 valence electrons. The Kier molecular flexibility index (Phi) is 12.5. The highest BCUT2D eigenvalue weighted by Gasteiger charge is 2.31. The molecule has 0 aliphatic heterocycles. The molecule has 0 radical (unpaired) electrons. The number of hydrogen-bond donors (Lipinski definition) is 9. The van der Waals surface area contributed by atoms with Gasteiger partial charge in [0, 0.05) is 29.9 Å². The van der Waals surface area contributed by atoms with E-state index in [1.165, 1.54) is 24.3 Å². The Morgan fingerprint density at radius 3 is 1.83 bits per heavy atom. The smallest absolute Gasteiger partial charge is 0.326 e. The van der Waals surface area contributed by atoms with Gasteiger partial charge in [0.25, 0.3) is 0 Å². The number of amides is 3. The van der Waals surface area contributed by atoms with Crippen LogP contribution in [0.2, 0.25) is 0 Å². The van der Waals surface area contributed by atoms with E-state index in [2.05, 4.69) is 20.9 Å². The van der Waals surface area contributed by atoms with Gasteiger partial charge in [0.05, 0.1) is 6.04 Å². The van der Waals surface area contributed by atoms with Crippen LogP contribution in [0.25, 0.3) is 10.9 Å². The first-order valence-corrected chi connectivity index (χ1v) is 15.7. The molecule has 3 aromatic carbocycles. The van der Waals surface area contributed by atoms with Crippen molar-refractivity contribution >= 4 is 34.6 Å². The van der Waals surface area contributed by atoms with Crippen LogP contribution in [0.3, 0.4) is 0 Å². The van der Waals surface area contributed by atoms with E-state index in [0.717, 1.165) is 16.5 Å². The van der Waals surface area contributed by atoms with Crippen molar-refractivity contribution in [3.05, 3.63) is 95.7 Å². The predicted octanol–water partition coefficient (Wildman–Crippen LogP) is 1.60. The van der Waals surface area contributed by atoms with Crippen molar-refractivity contribution in [3.8, 4) is 11.5 Å². The first-order valence-electron chi connectivity index (χ1n) is 15.7. The SMILES string of the molecule is NCCCCC(NC(=O)C(Cc1c[nH]c2ccccc12)NC(=O)C(Cc1ccc(O)cc1)NC(=O)C(N)Cc1ccc(O)cc1)C(=O)O. The summed E-state index contributed by atoms with van der Waals surface area (Å²) in [5, 5.41) is 38.0. The molecule has 0 fully saturated rings. The summed E-state index contributed by atoms with van der Waals surface area (Å²) in [7, 11) is 0. The molecular weight excluding hydrogens is 616 g/mol. The molecule has 3 amide bonds. The quantitative estimate of drug-likeness (QED) is 0.0749. The number of rotatable bonds is 17. The van der Waals surface area contributed by atoms with Gasteiger partial charge in [-0.2, -0.15) is 0 Å². The summed E-state index contributed by atoms with van der Waals surface area (Å²) in [6, 6.07) is 15.1. The number of phenols is 2. The van der Waals surface area contributed by atoms with Crippen molar-refractivity contribution in [1.82, 2.24) is 20.9 Å². The second-order valence-electron chi connectivity index (χ2n) is 11.7. The highest BCUT2D eigenvalue weighted by molar-refractivity contribution is 5.95. The van der Waals surface area contributed by atoms with Gasteiger partial charge in [-0.1, -0.05) is 42.5 Å². The number of nitrogens with one attached hydrogen (secondary N) is 4. The molecule has 13 nitrogen and oxygen atoms in total. The second-order valence-corrected chi connectivity index (χ2v) is 11.7. The lowest BCUT2D eigenvalue weighted by atomic mass is 10.0. The van der Waals surface area contributed by atoms with Gasteiger partial charge in [-0.05, 0) is 79.3 Å². The average Bonchev–Trinajstić information content (AvgIpc) is 3.48. The van der Waals surface area contributed by atoms with E-state index in [4.69, 9.17) is 11.5 Å². The van der Waals surface area contributed by atoms with Crippen molar-refractivity contribution in [2.45, 2.75) is 62.7 Å². The van der Waals surface area contributed by atoms with Gasteiger partial charge >= 0.3 is 5.97 Å². The number of aromatic hydroxyl groups is 2. The lowest BCUT2D eigenvalue weighted by molar-refractivity contribution is -0.142. The Bertz CT molecular complexity index is 1690. The van der Waals surface area contributed by atoms with Gasteiger partial charge < -0.3 is 47.7 Å². The van der Waals surface area contributed by atoms with E-state index in [1.807, 2.05) is 24.3 Å².